The van der Waals surface area contributed by atoms with Crippen molar-refractivity contribution in [2.75, 3.05) is 0 Å². The number of fused-ring (bicyclic) bond motifs is 1. The summed E-state index contributed by atoms with van der Waals surface area (Å²) in [5, 5.41) is 7.99. The van der Waals surface area contributed by atoms with Gasteiger partial charge in [0.05, 0.1) is 23.8 Å². The minimum absolute atomic E-state index is 0.104. The minimum Gasteiger partial charge on any atom is -0.480 e. The van der Waals surface area contributed by atoms with Gasteiger partial charge >= 0.3 is 5.97 Å². The van der Waals surface area contributed by atoms with Crippen molar-refractivity contribution in [2.24, 2.45) is 0 Å². The van der Waals surface area contributed by atoms with E-state index in [1.807, 2.05) is 0 Å². The van der Waals surface area contributed by atoms with E-state index < -0.39 is 11.3 Å². The molecule has 0 bridgehead atoms. The molecule has 0 fully saturated rings. The normalized spacial score (nSPS) is 12.5. The van der Waals surface area contributed by atoms with Crippen LogP contribution < -0.4 is 5.56 Å². The predicted octanol–water partition coefficient (Wildman–Crippen LogP) is 1.09. The summed E-state index contributed by atoms with van der Waals surface area (Å²) in [6.07, 6.45) is 1.31. The lowest BCUT2D eigenvalue weighted by molar-refractivity contribution is -0.136. The number of hydrogen-bond acceptors (Lipinski definition) is 3. The molecular weight excluding hydrogens is 244 g/mol. The first-order valence-corrected chi connectivity index (χ1v) is 5.34. The highest BCUT2D eigenvalue weighted by molar-refractivity contribution is 6.29. The van der Waals surface area contributed by atoms with Crippen molar-refractivity contribution in [3.63, 3.8) is 0 Å². The van der Waals surface area contributed by atoms with E-state index in [4.69, 9.17) is 16.7 Å². The fourth-order valence-electron chi connectivity index (χ4n) is 1.49. The van der Waals surface area contributed by atoms with Crippen molar-refractivity contribution in [2.45, 2.75) is 11.9 Å². The molecule has 0 amide bonds. The zero-order valence-corrected chi connectivity index (χ0v) is 9.46. The van der Waals surface area contributed by atoms with Crippen LogP contribution in [0.25, 0.3) is 10.9 Å². The quantitative estimate of drug-likeness (QED) is 0.830. The van der Waals surface area contributed by atoms with Crippen LogP contribution in [0.3, 0.4) is 0 Å². The van der Waals surface area contributed by atoms with E-state index in [-0.39, 0.29) is 12.1 Å². The molecule has 1 aromatic heterocycles. The Morgan fingerprint density at radius 2 is 2.18 bits per heavy atom. The molecule has 0 saturated heterocycles. The van der Waals surface area contributed by atoms with Gasteiger partial charge in [0.15, 0.2) is 0 Å². The molecule has 0 radical (unpaired) electrons. The number of rotatable bonds is 3. The van der Waals surface area contributed by atoms with Gasteiger partial charge in [-0.1, -0.05) is 12.1 Å². The average Bonchev–Trinajstić information content (AvgIpc) is 2.33. The van der Waals surface area contributed by atoms with E-state index in [0.29, 0.717) is 10.9 Å². The van der Waals surface area contributed by atoms with E-state index in [9.17, 15) is 9.59 Å². The second kappa shape index (κ2) is 4.55. The van der Waals surface area contributed by atoms with Gasteiger partial charge in [0.25, 0.3) is 5.56 Å². The van der Waals surface area contributed by atoms with Crippen molar-refractivity contribution in [1.82, 2.24) is 9.55 Å². The molecule has 1 N–H and O–H groups in total. The van der Waals surface area contributed by atoms with E-state index >= 15 is 0 Å². The largest absolute Gasteiger partial charge is 0.480 e. The maximum atomic E-state index is 12.0. The number of carbonyl (C=O) groups is 1. The number of aliphatic carboxylic acids is 1. The number of halogens is 1. The number of aromatic nitrogens is 2. The highest BCUT2D eigenvalue weighted by atomic mass is 35.5. The second-order valence-electron chi connectivity index (χ2n) is 3.53. The molecule has 0 aliphatic heterocycles. The molecule has 2 rings (SSSR count). The Morgan fingerprint density at radius 3 is 2.88 bits per heavy atom. The van der Waals surface area contributed by atoms with Gasteiger partial charge in [0.2, 0.25) is 0 Å². The van der Waals surface area contributed by atoms with Gasteiger partial charge in [0.1, 0.15) is 5.38 Å². The zero-order valence-electron chi connectivity index (χ0n) is 8.71. The van der Waals surface area contributed by atoms with Crippen molar-refractivity contribution in [3.05, 3.63) is 40.9 Å². The predicted molar refractivity (Wildman–Crippen MR) is 63.3 cm³/mol. The summed E-state index contributed by atoms with van der Waals surface area (Å²) >= 11 is 5.59. The summed E-state index contributed by atoms with van der Waals surface area (Å²) in [4.78, 5) is 26.6. The molecule has 5 nitrogen and oxygen atoms in total. The Morgan fingerprint density at radius 1 is 1.47 bits per heavy atom. The molecule has 1 heterocycles. The third-order valence-corrected chi connectivity index (χ3v) is 2.68. The Labute approximate surface area is 101 Å². The molecule has 1 atom stereocenters. The van der Waals surface area contributed by atoms with E-state index in [1.54, 1.807) is 24.3 Å². The first-order valence-electron chi connectivity index (χ1n) is 4.90. The highest BCUT2D eigenvalue weighted by Crippen LogP contribution is 2.06. The molecule has 2 aromatic rings. The Balaban J connectivity index is 2.46. The fourth-order valence-corrected chi connectivity index (χ4v) is 1.64. The van der Waals surface area contributed by atoms with Crippen LogP contribution in [0, 0.1) is 0 Å². The number of para-hydroxylation sites is 1. The Kier molecular flexibility index (Phi) is 3.10. The van der Waals surface area contributed by atoms with Crippen molar-refractivity contribution >= 4 is 28.5 Å². The van der Waals surface area contributed by atoms with Crippen LogP contribution in [0.2, 0.25) is 0 Å². The molecule has 88 valence electrons. The van der Waals surface area contributed by atoms with Crippen molar-refractivity contribution in [1.29, 1.82) is 0 Å². The topological polar surface area (TPSA) is 72.2 Å². The Hall–Kier alpha value is -1.88. The summed E-state index contributed by atoms with van der Waals surface area (Å²) in [6, 6.07) is 6.87. The van der Waals surface area contributed by atoms with Crippen LogP contribution in [-0.4, -0.2) is 26.0 Å². The maximum absolute atomic E-state index is 12.0. The summed E-state index contributed by atoms with van der Waals surface area (Å²) in [5.74, 6) is -1.16. The summed E-state index contributed by atoms with van der Waals surface area (Å²) in [5.41, 5.74) is 0.290. The van der Waals surface area contributed by atoms with Crippen LogP contribution in [0.15, 0.2) is 35.4 Å². The summed E-state index contributed by atoms with van der Waals surface area (Å²) in [6.45, 7) is -0.104. The van der Waals surface area contributed by atoms with Gasteiger partial charge in [-0.05, 0) is 12.1 Å². The lowest BCUT2D eigenvalue weighted by atomic mass is 10.2. The van der Waals surface area contributed by atoms with Gasteiger partial charge in [-0.2, -0.15) is 0 Å². The molecule has 1 unspecified atom stereocenters. The molecule has 0 aliphatic rings. The molecule has 0 spiro atoms. The van der Waals surface area contributed by atoms with Gasteiger partial charge in [-0.25, -0.2) is 4.98 Å². The van der Waals surface area contributed by atoms with Crippen molar-refractivity contribution in [3.8, 4) is 0 Å². The highest BCUT2D eigenvalue weighted by Gasteiger charge is 2.15. The van der Waals surface area contributed by atoms with Crippen LogP contribution >= 0.6 is 11.6 Å². The average molecular weight is 253 g/mol. The Bertz CT molecular complexity index is 623. The monoisotopic (exact) mass is 252 g/mol. The van der Waals surface area contributed by atoms with Gasteiger partial charge in [-0.3, -0.25) is 14.2 Å². The molecule has 0 saturated carbocycles. The van der Waals surface area contributed by atoms with Crippen LogP contribution in [-0.2, 0) is 11.3 Å². The molecular formula is C11H9ClN2O3. The lowest BCUT2D eigenvalue weighted by Gasteiger charge is -2.08. The van der Waals surface area contributed by atoms with E-state index in [0.717, 1.165) is 0 Å². The van der Waals surface area contributed by atoms with Crippen LogP contribution in [0.1, 0.15) is 0 Å². The number of carboxylic acids is 1. The standard InChI is InChI=1S/C11H9ClN2O3/c12-8(11(16)17)5-14-6-13-9-4-2-1-3-7(9)10(14)15/h1-4,6,8H,5H2,(H,16,17). The van der Waals surface area contributed by atoms with E-state index in [1.165, 1.54) is 10.9 Å². The van der Waals surface area contributed by atoms with Gasteiger partial charge in [0, 0.05) is 0 Å². The number of hydrogen-bond donors (Lipinski definition) is 1. The lowest BCUT2D eigenvalue weighted by Crippen LogP contribution is -2.28. The maximum Gasteiger partial charge on any atom is 0.323 e. The summed E-state index contributed by atoms with van der Waals surface area (Å²) in [7, 11) is 0. The van der Waals surface area contributed by atoms with Gasteiger partial charge in [-0.15, -0.1) is 11.6 Å². The number of nitrogens with zero attached hydrogens (tertiary/aromatic N) is 2. The third-order valence-electron chi connectivity index (χ3n) is 2.36. The first-order chi connectivity index (χ1) is 8.09. The molecule has 1 aromatic carbocycles. The number of alkyl halides is 1. The fraction of sp³-hybridized carbons (Fsp3) is 0.182. The molecule has 6 heteroatoms. The SMILES string of the molecule is O=C(O)C(Cl)Cn1cnc2ccccc2c1=O. The third kappa shape index (κ3) is 2.29. The minimum atomic E-state index is -1.16. The molecule has 0 aliphatic carbocycles. The number of benzene rings is 1. The van der Waals surface area contributed by atoms with Crippen molar-refractivity contribution < 1.29 is 9.90 Å². The summed E-state index contributed by atoms with van der Waals surface area (Å²) < 4.78 is 1.20. The van der Waals surface area contributed by atoms with Crippen LogP contribution in [0.4, 0.5) is 0 Å². The zero-order chi connectivity index (χ0) is 12.4. The second-order valence-corrected chi connectivity index (χ2v) is 4.05. The number of carboxylic acid groups (broad SMARTS) is 1. The smallest absolute Gasteiger partial charge is 0.323 e. The molecule has 17 heavy (non-hydrogen) atoms. The first kappa shape index (κ1) is 11.6. The van der Waals surface area contributed by atoms with Crippen LogP contribution in [0.5, 0.6) is 0 Å². The van der Waals surface area contributed by atoms with Gasteiger partial charge < -0.3 is 5.11 Å². The van der Waals surface area contributed by atoms with E-state index in [2.05, 4.69) is 4.98 Å².